The van der Waals surface area contributed by atoms with Crippen molar-refractivity contribution >= 4 is 23.5 Å². The third kappa shape index (κ3) is 5.01. The van der Waals surface area contributed by atoms with Gasteiger partial charge in [-0.3, -0.25) is 24.5 Å². The molecule has 1 saturated heterocycles. The molecule has 2 aliphatic heterocycles. The molecule has 190 valence electrons. The predicted octanol–water partition coefficient (Wildman–Crippen LogP) is 3.84. The number of nitrogens with zero attached hydrogens (tertiary/aromatic N) is 1. The highest BCUT2D eigenvalue weighted by atomic mass is 19.3. The van der Waals surface area contributed by atoms with Crippen LogP contribution < -0.4 is 10.1 Å². The summed E-state index contributed by atoms with van der Waals surface area (Å²) in [5.41, 5.74) is 1.31. The standard InChI is InChI=1S/C27H28F2N2O5/c1-15(2)36-19-6-8-21(16(3)12-19)27(28,29)23(32)10-5-17-4-7-20-18(13-17)14-31(26(20)35)22-9-11-24(33)30-25(22)34/h4,6-8,12-13,15,22H,5,9-11,14H2,1-3H3,(H,30,33,34)/t22-/m0/s1/i22D. The summed E-state index contributed by atoms with van der Waals surface area (Å²) in [7, 11) is 0. The minimum absolute atomic E-state index is 0.0266. The molecule has 7 nitrogen and oxygen atoms in total. The van der Waals surface area contributed by atoms with E-state index in [1.54, 1.807) is 12.1 Å². The predicted molar refractivity (Wildman–Crippen MR) is 127 cm³/mol. The monoisotopic (exact) mass is 499 g/mol. The van der Waals surface area contributed by atoms with Crippen molar-refractivity contribution in [3.63, 3.8) is 0 Å². The average Bonchev–Trinajstić information content (AvgIpc) is 3.16. The number of rotatable bonds is 8. The van der Waals surface area contributed by atoms with Crippen LogP contribution in [0, 0.1) is 6.92 Å². The van der Waals surface area contributed by atoms with Gasteiger partial charge in [-0.25, -0.2) is 0 Å². The maximum absolute atomic E-state index is 15.0. The Hall–Kier alpha value is -3.62. The summed E-state index contributed by atoms with van der Waals surface area (Å²) in [6.07, 6.45) is -0.663. The van der Waals surface area contributed by atoms with Gasteiger partial charge in [0.05, 0.1) is 7.47 Å². The lowest BCUT2D eigenvalue weighted by Crippen LogP contribution is -2.52. The Morgan fingerprint density at radius 1 is 1.22 bits per heavy atom. The van der Waals surface area contributed by atoms with E-state index in [9.17, 15) is 19.2 Å². The zero-order valence-electron chi connectivity index (χ0n) is 21.3. The molecule has 2 aliphatic rings. The van der Waals surface area contributed by atoms with E-state index in [-0.39, 0.29) is 43.0 Å². The molecule has 0 bridgehead atoms. The number of fused-ring (bicyclic) bond motifs is 1. The Bertz CT molecular complexity index is 1300. The number of halogens is 2. The summed E-state index contributed by atoms with van der Waals surface area (Å²) in [6, 6.07) is 6.95. The van der Waals surface area contributed by atoms with Crippen LogP contribution in [0.25, 0.3) is 0 Å². The van der Waals surface area contributed by atoms with E-state index >= 15 is 8.78 Å². The number of piperidine rings is 1. The minimum atomic E-state index is -3.67. The molecule has 3 amide bonds. The lowest BCUT2D eigenvalue weighted by molar-refractivity contribution is -0.144. The number of ether oxygens (including phenoxy) is 1. The van der Waals surface area contributed by atoms with Crippen LogP contribution in [-0.4, -0.2) is 40.5 Å². The van der Waals surface area contributed by atoms with E-state index < -0.39 is 41.9 Å². The summed E-state index contributed by atoms with van der Waals surface area (Å²) in [6.45, 7) is 5.14. The quantitative estimate of drug-likeness (QED) is 0.558. The number of ketones is 1. The highest BCUT2D eigenvalue weighted by Gasteiger charge is 2.42. The van der Waals surface area contributed by atoms with E-state index in [0.29, 0.717) is 22.4 Å². The Morgan fingerprint density at radius 3 is 2.64 bits per heavy atom. The van der Waals surface area contributed by atoms with Crippen LogP contribution in [0.3, 0.4) is 0 Å². The summed E-state index contributed by atoms with van der Waals surface area (Å²) in [5.74, 6) is -6.29. The smallest absolute Gasteiger partial charge is 0.330 e. The van der Waals surface area contributed by atoms with Crippen molar-refractivity contribution in [1.29, 1.82) is 0 Å². The lowest BCUT2D eigenvalue weighted by atomic mass is 9.95. The number of benzene rings is 2. The van der Waals surface area contributed by atoms with Crippen molar-refractivity contribution in [3.05, 3.63) is 64.2 Å². The molecule has 2 heterocycles. The molecule has 2 aromatic carbocycles. The van der Waals surface area contributed by atoms with Crippen LogP contribution >= 0.6 is 0 Å². The first-order valence-electron chi connectivity index (χ1n) is 12.3. The first kappa shape index (κ1) is 24.1. The maximum atomic E-state index is 15.0. The number of imide groups is 1. The normalized spacial score (nSPS) is 20.3. The van der Waals surface area contributed by atoms with E-state index in [0.717, 1.165) is 4.90 Å². The number of nitrogens with one attached hydrogen (secondary N) is 1. The number of carbonyl (C=O) groups excluding carboxylic acids is 4. The molecule has 1 N–H and O–H groups in total. The summed E-state index contributed by atoms with van der Waals surface area (Å²) in [5, 5.41) is 2.11. The van der Waals surface area contributed by atoms with Crippen molar-refractivity contribution in [2.24, 2.45) is 0 Å². The van der Waals surface area contributed by atoms with Gasteiger partial charge in [0.1, 0.15) is 11.8 Å². The number of hydrogen-bond donors (Lipinski definition) is 1. The minimum Gasteiger partial charge on any atom is -0.491 e. The Morgan fingerprint density at radius 2 is 1.97 bits per heavy atom. The van der Waals surface area contributed by atoms with Gasteiger partial charge in [-0.05, 0) is 74.6 Å². The molecule has 0 radical (unpaired) electrons. The van der Waals surface area contributed by atoms with Crippen molar-refractivity contribution in [2.45, 2.75) is 71.0 Å². The zero-order valence-corrected chi connectivity index (χ0v) is 20.3. The number of alkyl halides is 2. The van der Waals surface area contributed by atoms with Gasteiger partial charge in [-0.15, -0.1) is 0 Å². The van der Waals surface area contributed by atoms with Gasteiger partial charge < -0.3 is 9.64 Å². The SMILES string of the molecule is [2H][C@]1(N2Cc3cc(CCC(=O)C(F)(F)c4ccc(OC(C)C)cc4C)ccc3C2=O)CCC(=O)NC1=O. The number of Topliss-reactive ketones (excluding diaryl/α,β-unsaturated/α-hetero) is 1. The van der Waals surface area contributed by atoms with Crippen LogP contribution in [0.5, 0.6) is 5.75 Å². The molecule has 0 spiro atoms. The molecule has 1 atom stereocenters. The van der Waals surface area contributed by atoms with E-state index in [2.05, 4.69) is 5.32 Å². The lowest BCUT2D eigenvalue weighted by Gasteiger charge is -2.29. The molecule has 9 heteroatoms. The molecular weight excluding hydrogens is 470 g/mol. The van der Waals surface area contributed by atoms with Crippen molar-refractivity contribution < 1.29 is 34.1 Å². The number of carbonyl (C=O) groups is 4. The molecule has 2 aromatic rings. The Balaban J connectivity index is 1.45. The highest BCUT2D eigenvalue weighted by Crippen LogP contribution is 2.35. The van der Waals surface area contributed by atoms with Gasteiger partial charge in [-0.1, -0.05) is 12.1 Å². The summed E-state index contributed by atoms with van der Waals surface area (Å²) in [4.78, 5) is 50.4. The third-order valence-electron chi connectivity index (χ3n) is 6.30. The molecule has 1 fully saturated rings. The largest absolute Gasteiger partial charge is 0.491 e. The van der Waals surface area contributed by atoms with Gasteiger partial charge in [0.25, 0.3) is 5.91 Å². The van der Waals surface area contributed by atoms with Gasteiger partial charge in [0.2, 0.25) is 17.6 Å². The van der Waals surface area contributed by atoms with Gasteiger partial charge in [-0.2, -0.15) is 8.78 Å². The van der Waals surface area contributed by atoms with Crippen molar-refractivity contribution in [1.82, 2.24) is 10.2 Å². The fraction of sp³-hybridized carbons (Fsp3) is 0.407. The van der Waals surface area contributed by atoms with E-state index in [4.69, 9.17) is 6.11 Å². The highest BCUT2D eigenvalue weighted by molar-refractivity contribution is 6.05. The van der Waals surface area contributed by atoms with Crippen LogP contribution in [-0.2, 0) is 33.3 Å². The summed E-state index contributed by atoms with van der Waals surface area (Å²) < 4.78 is 44.1. The van der Waals surface area contributed by atoms with E-state index in [1.165, 1.54) is 31.2 Å². The third-order valence-corrected chi connectivity index (χ3v) is 6.30. The zero-order chi connectivity index (χ0) is 27.1. The van der Waals surface area contributed by atoms with Crippen LogP contribution in [0.4, 0.5) is 8.78 Å². The first-order chi connectivity index (χ1) is 17.3. The number of amides is 3. The van der Waals surface area contributed by atoms with Crippen LogP contribution in [0.15, 0.2) is 36.4 Å². The van der Waals surface area contributed by atoms with Gasteiger partial charge >= 0.3 is 5.92 Å². The number of aryl methyl sites for hydroxylation is 2. The van der Waals surface area contributed by atoms with Gasteiger partial charge in [0.15, 0.2) is 0 Å². The van der Waals surface area contributed by atoms with Crippen LogP contribution in [0.1, 0.15) is 67.1 Å². The van der Waals surface area contributed by atoms with Gasteiger partial charge in [0, 0.05) is 30.5 Å². The van der Waals surface area contributed by atoms with E-state index in [1.807, 2.05) is 13.8 Å². The topological polar surface area (TPSA) is 92.8 Å². The number of hydrogen-bond acceptors (Lipinski definition) is 5. The second-order valence-corrected chi connectivity index (χ2v) is 9.35. The van der Waals surface area contributed by atoms with Crippen molar-refractivity contribution in [2.75, 3.05) is 0 Å². The summed E-state index contributed by atoms with van der Waals surface area (Å²) >= 11 is 0. The first-order valence-corrected chi connectivity index (χ1v) is 11.8. The molecule has 0 aromatic heterocycles. The molecule has 0 saturated carbocycles. The Labute approximate surface area is 209 Å². The molecule has 0 aliphatic carbocycles. The Kier molecular flexibility index (Phi) is 6.55. The molecular formula is C27H28F2N2O5. The second kappa shape index (κ2) is 9.79. The fourth-order valence-electron chi connectivity index (χ4n) is 4.51. The average molecular weight is 500 g/mol. The molecule has 4 rings (SSSR count). The van der Waals surface area contributed by atoms with Crippen LogP contribution in [0.2, 0.25) is 0 Å². The molecule has 36 heavy (non-hydrogen) atoms. The maximum Gasteiger partial charge on any atom is 0.330 e. The fourth-order valence-corrected chi connectivity index (χ4v) is 4.51. The van der Waals surface area contributed by atoms with Crippen molar-refractivity contribution in [3.8, 4) is 5.75 Å². The molecule has 0 unspecified atom stereocenters. The second-order valence-electron chi connectivity index (χ2n) is 9.35.